The Balaban J connectivity index is 0.00000132. The highest BCUT2D eigenvalue weighted by Crippen LogP contribution is 2.65. The molecule has 178 valence electrons. The number of allylic oxidation sites excluding steroid dienone is 1. The number of ketones is 1. The molecule has 2 nitrogen and oxygen atoms in total. The minimum atomic E-state index is -0.196. The van der Waals surface area contributed by atoms with E-state index in [1.165, 1.54) is 44.1 Å². The number of fused-ring (bicyclic) bond motifs is 5. The zero-order valence-electron chi connectivity index (χ0n) is 21.6. The fourth-order valence-corrected chi connectivity index (χ4v) is 8.09. The van der Waals surface area contributed by atoms with Gasteiger partial charge in [-0.1, -0.05) is 73.0 Å². The molecule has 3 fully saturated rings. The largest absolute Gasteiger partial charge is 0.393 e. The van der Waals surface area contributed by atoms with Crippen LogP contribution in [0.1, 0.15) is 119 Å². The molecule has 0 spiro atoms. The van der Waals surface area contributed by atoms with Crippen molar-refractivity contribution in [3.8, 4) is 0 Å². The van der Waals surface area contributed by atoms with E-state index < -0.39 is 0 Å². The van der Waals surface area contributed by atoms with Gasteiger partial charge in [-0.2, -0.15) is 0 Å². The number of carbonyl (C=O) groups excluding carboxylic acids is 1. The monoisotopic (exact) mass is 430 g/mol. The van der Waals surface area contributed by atoms with Crippen molar-refractivity contribution in [2.45, 2.75) is 125 Å². The van der Waals surface area contributed by atoms with E-state index in [4.69, 9.17) is 0 Å². The molecule has 0 aliphatic heterocycles. The Hall–Kier alpha value is -0.630. The van der Waals surface area contributed by atoms with Crippen LogP contribution >= 0.6 is 0 Å². The van der Waals surface area contributed by atoms with E-state index in [9.17, 15) is 9.90 Å². The molecule has 0 aromatic carbocycles. The van der Waals surface area contributed by atoms with Crippen molar-refractivity contribution in [1.29, 1.82) is 0 Å². The summed E-state index contributed by atoms with van der Waals surface area (Å²) in [7, 11) is 0. The third-order valence-electron chi connectivity index (χ3n) is 9.69. The molecule has 31 heavy (non-hydrogen) atoms. The lowest BCUT2D eigenvalue weighted by atomic mass is 9.47. The average molecular weight is 431 g/mol. The fraction of sp³-hybridized carbons (Fsp3) is 0.897. The zero-order chi connectivity index (χ0) is 23.0. The molecule has 5 unspecified atom stereocenters. The van der Waals surface area contributed by atoms with Crippen LogP contribution in [0.5, 0.6) is 0 Å². The van der Waals surface area contributed by atoms with E-state index >= 15 is 0 Å². The van der Waals surface area contributed by atoms with Crippen LogP contribution in [0.25, 0.3) is 0 Å². The number of aliphatic hydroxyl groups excluding tert-OH is 1. The Morgan fingerprint density at radius 2 is 1.81 bits per heavy atom. The van der Waals surface area contributed by atoms with E-state index in [1.807, 2.05) is 13.8 Å². The summed E-state index contributed by atoms with van der Waals surface area (Å²) >= 11 is 0. The summed E-state index contributed by atoms with van der Waals surface area (Å²) < 4.78 is 0. The number of carbonyl (C=O) groups is 1. The van der Waals surface area contributed by atoms with Gasteiger partial charge in [-0.15, -0.1) is 0 Å². The van der Waals surface area contributed by atoms with E-state index in [1.54, 1.807) is 0 Å². The Labute approximate surface area is 192 Å². The molecule has 7 atom stereocenters. The van der Waals surface area contributed by atoms with Crippen LogP contribution in [-0.4, -0.2) is 17.0 Å². The van der Waals surface area contributed by atoms with Gasteiger partial charge in [-0.25, -0.2) is 0 Å². The molecule has 2 heteroatoms. The lowest BCUT2D eigenvalue weighted by molar-refractivity contribution is -0.144. The van der Waals surface area contributed by atoms with Gasteiger partial charge < -0.3 is 5.11 Å². The first-order valence-corrected chi connectivity index (χ1v) is 13.4. The average Bonchev–Trinajstić information content (AvgIpc) is 3.02. The predicted molar refractivity (Wildman–Crippen MR) is 131 cm³/mol. The van der Waals surface area contributed by atoms with Crippen molar-refractivity contribution in [3.63, 3.8) is 0 Å². The highest BCUT2D eigenvalue weighted by atomic mass is 16.3. The summed E-state index contributed by atoms with van der Waals surface area (Å²) in [5.41, 5.74) is 2.08. The maximum atomic E-state index is 13.6. The van der Waals surface area contributed by atoms with Gasteiger partial charge in [0, 0.05) is 12.3 Å². The topological polar surface area (TPSA) is 37.3 Å². The third-order valence-corrected chi connectivity index (χ3v) is 9.69. The molecule has 3 saturated carbocycles. The maximum Gasteiger partial charge on any atom is 0.137 e. The molecule has 1 N–H and O–H groups in total. The minimum absolute atomic E-state index is 0.0192. The zero-order valence-corrected chi connectivity index (χ0v) is 21.6. The quantitative estimate of drug-likeness (QED) is 0.366. The summed E-state index contributed by atoms with van der Waals surface area (Å²) in [5, 5.41) is 10.2. The normalized spacial score (nSPS) is 42.0. The Morgan fingerprint density at radius 3 is 2.48 bits per heavy atom. The highest BCUT2D eigenvalue weighted by molar-refractivity contribution is 5.85. The van der Waals surface area contributed by atoms with Gasteiger partial charge in [0.15, 0.2) is 0 Å². The molecule has 4 aliphatic carbocycles. The van der Waals surface area contributed by atoms with Gasteiger partial charge in [-0.05, 0) is 85.4 Å². The van der Waals surface area contributed by atoms with Crippen LogP contribution in [0.2, 0.25) is 0 Å². The first-order chi connectivity index (χ1) is 14.5. The van der Waals surface area contributed by atoms with Crippen LogP contribution in [0.3, 0.4) is 0 Å². The molecule has 0 heterocycles. The molecule has 4 aliphatic rings. The number of hydrogen-bond acceptors (Lipinski definition) is 2. The Morgan fingerprint density at radius 1 is 1.10 bits per heavy atom. The number of Topliss-reactive ketones (excluding diaryl/α,β-unsaturated/α-hetero) is 1. The van der Waals surface area contributed by atoms with Crippen LogP contribution in [0, 0.1) is 39.9 Å². The first kappa shape index (κ1) is 25.0. The van der Waals surface area contributed by atoms with Gasteiger partial charge in [0.2, 0.25) is 0 Å². The summed E-state index contributed by atoms with van der Waals surface area (Å²) in [6.45, 7) is 15.8. The van der Waals surface area contributed by atoms with Crippen LogP contribution in [0.15, 0.2) is 11.6 Å². The van der Waals surface area contributed by atoms with Crippen molar-refractivity contribution in [2.75, 3.05) is 0 Å². The molecule has 0 radical (unpaired) electrons. The highest BCUT2D eigenvalue weighted by Gasteiger charge is 2.61. The van der Waals surface area contributed by atoms with Crippen molar-refractivity contribution < 1.29 is 9.90 Å². The molecule has 0 bridgehead atoms. The molecular weight excluding hydrogens is 380 g/mol. The SMILES string of the molecule is CC.CC(C)(C)CCCC[C@H]1CCC2C3CC=C4C[C@@H](O)CCC4(C)C3C(=O)CC21C. The first-order valence-electron chi connectivity index (χ1n) is 13.4. The standard InChI is InChI=1S/C27H44O2.C2H6/c1-25(2,3)14-7-6-8-18-10-12-22-21-11-9-19-16-20(28)13-15-26(19,4)24(21)23(29)17-27(18,22)5;1-2/h9,18,20-22,24,28H,6-8,10-17H2,1-5H3;1-2H3/t18-,20-,21?,22?,24?,26?,27?;/m0./s1. The summed E-state index contributed by atoms with van der Waals surface area (Å²) in [6, 6.07) is 0. The molecule has 0 amide bonds. The Kier molecular flexibility index (Phi) is 7.51. The van der Waals surface area contributed by atoms with Crippen molar-refractivity contribution in [2.24, 2.45) is 39.9 Å². The number of aliphatic hydroxyl groups is 1. The van der Waals surface area contributed by atoms with Gasteiger partial charge in [0.1, 0.15) is 5.78 Å². The van der Waals surface area contributed by atoms with Crippen molar-refractivity contribution in [1.82, 2.24) is 0 Å². The number of unbranched alkanes of at least 4 members (excludes halogenated alkanes) is 1. The summed E-state index contributed by atoms with van der Waals surface area (Å²) in [5.74, 6) is 2.78. The number of rotatable bonds is 4. The Bertz CT molecular complexity index is 671. The lowest BCUT2D eigenvalue weighted by Crippen LogP contribution is -2.54. The molecule has 4 rings (SSSR count). The predicted octanol–water partition coefficient (Wildman–Crippen LogP) is 7.74. The molecular formula is C29H50O2. The van der Waals surface area contributed by atoms with Gasteiger partial charge in [-0.3, -0.25) is 4.79 Å². The minimum Gasteiger partial charge on any atom is -0.393 e. The van der Waals surface area contributed by atoms with E-state index in [2.05, 4.69) is 40.7 Å². The van der Waals surface area contributed by atoms with E-state index in [0.717, 1.165) is 43.9 Å². The molecule has 0 saturated heterocycles. The van der Waals surface area contributed by atoms with Crippen LogP contribution in [0.4, 0.5) is 0 Å². The van der Waals surface area contributed by atoms with Gasteiger partial charge >= 0.3 is 0 Å². The summed E-state index contributed by atoms with van der Waals surface area (Å²) in [6.07, 6.45) is 14.7. The maximum absolute atomic E-state index is 13.6. The fourth-order valence-electron chi connectivity index (χ4n) is 8.09. The van der Waals surface area contributed by atoms with Gasteiger partial charge in [0.25, 0.3) is 0 Å². The van der Waals surface area contributed by atoms with Crippen LogP contribution in [-0.2, 0) is 4.79 Å². The summed E-state index contributed by atoms with van der Waals surface area (Å²) in [4.78, 5) is 13.6. The third kappa shape index (κ3) is 4.71. The van der Waals surface area contributed by atoms with Crippen molar-refractivity contribution >= 4 is 5.78 Å². The molecule has 0 aromatic heterocycles. The lowest BCUT2D eigenvalue weighted by Gasteiger charge is -2.57. The van der Waals surface area contributed by atoms with Crippen LogP contribution < -0.4 is 0 Å². The second-order valence-electron chi connectivity index (χ2n) is 12.8. The smallest absolute Gasteiger partial charge is 0.137 e. The second-order valence-corrected chi connectivity index (χ2v) is 12.8. The van der Waals surface area contributed by atoms with Gasteiger partial charge in [0.05, 0.1) is 6.10 Å². The van der Waals surface area contributed by atoms with E-state index in [-0.39, 0.29) is 22.9 Å². The molecule has 0 aromatic rings. The number of hydrogen-bond donors (Lipinski definition) is 1. The van der Waals surface area contributed by atoms with Crippen molar-refractivity contribution in [3.05, 3.63) is 11.6 Å². The second kappa shape index (κ2) is 9.32. The van der Waals surface area contributed by atoms with E-state index in [0.29, 0.717) is 17.1 Å².